The summed E-state index contributed by atoms with van der Waals surface area (Å²) in [4.78, 5) is 4.96. The lowest BCUT2D eigenvalue weighted by Crippen LogP contribution is -1.92. The molecule has 2 rings (SSSR count). The van der Waals surface area contributed by atoms with E-state index < -0.39 is 0 Å². The number of nitrogens with zero attached hydrogens (tertiary/aromatic N) is 1. The Bertz CT molecular complexity index is 542. The Balaban J connectivity index is 2.68. The van der Waals surface area contributed by atoms with E-state index in [1.165, 1.54) is 11.3 Å². The van der Waals surface area contributed by atoms with Gasteiger partial charge in [0.05, 0.1) is 29.1 Å². The van der Waals surface area contributed by atoms with E-state index in [1.807, 2.05) is 12.1 Å². The molecule has 0 radical (unpaired) electrons. The van der Waals surface area contributed by atoms with Crippen LogP contribution in [0.5, 0.6) is 11.5 Å². The van der Waals surface area contributed by atoms with Crippen LogP contribution >= 0.6 is 27.3 Å². The number of hydrogen-bond donors (Lipinski definition) is 1. The highest BCUT2D eigenvalue weighted by Crippen LogP contribution is 2.45. The summed E-state index contributed by atoms with van der Waals surface area (Å²) in [5, 5.41) is 0.518. The average molecular weight is 315 g/mol. The van der Waals surface area contributed by atoms with Crippen LogP contribution < -0.4 is 15.2 Å². The predicted octanol–water partition coefficient (Wildman–Crippen LogP) is 3.17. The number of aromatic nitrogens is 1. The summed E-state index contributed by atoms with van der Waals surface area (Å²) in [6.45, 7) is 0. The van der Waals surface area contributed by atoms with E-state index in [9.17, 15) is 0 Å². The van der Waals surface area contributed by atoms with Crippen LogP contribution in [0.1, 0.15) is 0 Å². The molecule has 17 heavy (non-hydrogen) atoms. The average Bonchev–Trinajstić information content (AvgIpc) is 2.75. The lowest BCUT2D eigenvalue weighted by Gasteiger charge is -2.12. The fourth-order valence-corrected chi connectivity index (χ4v) is 2.77. The van der Waals surface area contributed by atoms with Gasteiger partial charge in [0, 0.05) is 6.20 Å². The molecule has 2 N–H and O–H groups in total. The summed E-state index contributed by atoms with van der Waals surface area (Å²) in [5.74, 6) is 1.45. The molecular weight excluding hydrogens is 304 g/mol. The van der Waals surface area contributed by atoms with Crippen molar-refractivity contribution >= 4 is 32.4 Å². The Hall–Kier alpha value is -1.27. The molecule has 0 saturated carbocycles. The van der Waals surface area contributed by atoms with Crippen LogP contribution in [0.15, 0.2) is 22.8 Å². The molecular formula is C11H11BrN2O2S. The van der Waals surface area contributed by atoms with Gasteiger partial charge in [0.1, 0.15) is 11.5 Å². The number of thiazole rings is 1. The number of anilines is 1. The molecule has 1 aromatic carbocycles. The van der Waals surface area contributed by atoms with Crippen molar-refractivity contribution in [3.63, 3.8) is 0 Å². The predicted molar refractivity (Wildman–Crippen MR) is 72.8 cm³/mol. The normalized spacial score (nSPS) is 10.3. The quantitative estimate of drug-likeness (QED) is 0.945. The van der Waals surface area contributed by atoms with Gasteiger partial charge >= 0.3 is 0 Å². The highest BCUT2D eigenvalue weighted by Gasteiger charge is 2.17. The van der Waals surface area contributed by atoms with E-state index in [2.05, 4.69) is 20.9 Å². The topological polar surface area (TPSA) is 57.4 Å². The van der Waals surface area contributed by atoms with Crippen LogP contribution in [0.3, 0.4) is 0 Å². The molecule has 1 aromatic heterocycles. The van der Waals surface area contributed by atoms with E-state index in [-0.39, 0.29) is 0 Å². The Morgan fingerprint density at radius 1 is 1.29 bits per heavy atom. The standard InChI is InChI=1S/C11H11BrN2O2S/c1-15-7-4-3-6(12)10(16-2)9(7)8-5-14-11(13)17-8/h3-5H,1-2H3,(H2,13,14). The van der Waals surface area contributed by atoms with Gasteiger partial charge in [0.2, 0.25) is 0 Å². The molecule has 4 nitrogen and oxygen atoms in total. The van der Waals surface area contributed by atoms with Crippen molar-refractivity contribution in [2.75, 3.05) is 20.0 Å². The van der Waals surface area contributed by atoms with E-state index in [0.717, 1.165) is 20.7 Å². The van der Waals surface area contributed by atoms with Gasteiger partial charge in [-0.1, -0.05) is 11.3 Å². The van der Waals surface area contributed by atoms with Crippen LogP contribution in [-0.2, 0) is 0 Å². The summed E-state index contributed by atoms with van der Waals surface area (Å²) in [5.41, 5.74) is 6.51. The van der Waals surface area contributed by atoms with E-state index in [0.29, 0.717) is 10.9 Å². The molecule has 2 aromatic rings. The Kier molecular flexibility index (Phi) is 3.54. The van der Waals surface area contributed by atoms with Gasteiger partial charge in [0.25, 0.3) is 0 Å². The molecule has 0 saturated heterocycles. The highest BCUT2D eigenvalue weighted by molar-refractivity contribution is 9.10. The number of nitrogen functional groups attached to an aromatic ring is 1. The first kappa shape index (κ1) is 12.2. The highest BCUT2D eigenvalue weighted by atomic mass is 79.9. The largest absolute Gasteiger partial charge is 0.496 e. The molecule has 0 amide bonds. The fourth-order valence-electron chi connectivity index (χ4n) is 1.55. The van der Waals surface area contributed by atoms with Gasteiger partial charge in [-0.05, 0) is 28.1 Å². The van der Waals surface area contributed by atoms with Crippen LogP contribution in [0.4, 0.5) is 5.13 Å². The van der Waals surface area contributed by atoms with Crippen molar-refractivity contribution in [1.82, 2.24) is 4.98 Å². The van der Waals surface area contributed by atoms with Gasteiger partial charge in [-0.15, -0.1) is 0 Å². The van der Waals surface area contributed by atoms with Crippen molar-refractivity contribution in [2.45, 2.75) is 0 Å². The minimum absolute atomic E-state index is 0.518. The molecule has 0 aliphatic heterocycles. The molecule has 1 heterocycles. The minimum atomic E-state index is 0.518. The maximum atomic E-state index is 5.65. The minimum Gasteiger partial charge on any atom is -0.496 e. The molecule has 90 valence electrons. The summed E-state index contributed by atoms with van der Waals surface area (Å²) in [6.07, 6.45) is 1.72. The molecule has 6 heteroatoms. The van der Waals surface area contributed by atoms with Crippen molar-refractivity contribution in [3.05, 3.63) is 22.8 Å². The molecule has 0 spiro atoms. The summed E-state index contributed by atoms with van der Waals surface area (Å²) >= 11 is 4.84. The molecule has 0 unspecified atom stereocenters. The van der Waals surface area contributed by atoms with Crippen LogP contribution in [-0.4, -0.2) is 19.2 Å². The first-order valence-corrected chi connectivity index (χ1v) is 6.40. The Morgan fingerprint density at radius 3 is 2.59 bits per heavy atom. The molecule has 0 fully saturated rings. The Morgan fingerprint density at radius 2 is 2.06 bits per heavy atom. The van der Waals surface area contributed by atoms with Crippen molar-refractivity contribution < 1.29 is 9.47 Å². The lowest BCUT2D eigenvalue weighted by molar-refractivity contribution is 0.396. The first-order chi connectivity index (χ1) is 8.17. The molecule has 0 aliphatic rings. The summed E-state index contributed by atoms with van der Waals surface area (Å²) in [6, 6.07) is 3.75. The number of halogens is 1. The SMILES string of the molecule is COc1ccc(Br)c(OC)c1-c1cnc(N)s1. The smallest absolute Gasteiger partial charge is 0.180 e. The first-order valence-electron chi connectivity index (χ1n) is 4.79. The lowest BCUT2D eigenvalue weighted by atomic mass is 10.1. The van der Waals surface area contributed by atoms with Crippen molar-refractivity contribution in [2.24, 2.45) is 0 Å². The summed E-state index contributed by atoms with van der Waals surface area (Å²) < 4.78 is 11.6. The summed E-state index contributed by atoms with van der Waals surface area (Å²) in [7, 11) is 3.24. The van der Waals surface area contributed by atoms with Crippen molar-refractivity contribution in [1.29, 1.82) is 0 Å². The van der Waals surface area contributed by atoms with Gasteiger partial charge in [0.15, 0.2) is 5.13 Å². The van der Waals surface area contributed by atoms with Crippen molar-refractivity contribution in [3.8, 4) is 21.9 Å². The second kappa shape index (κ2) is 4.93. The second-order valence-corrected chi connectivity index (χ2v) is 5.14. The molecule has 0 atom stereocenters. The number of methoxy groups -OCH3 is 2. The third kappa shape index (κ3) is 2.23. The number of ether oxygens (including phenoxy) is 2. The third-order valence-corrected chi connectivity index (χ3v) is 3.73. The van der Waals surface area contributed by atoms with Gasteiger partial charge < -0.3 is 15.2 Å². The maximum absolute atomic E-state index is 5.65. The van der Waals surface area contributed by atoms with Gasteiger partial charge in [-0.3, -0.25) is 0 Å². The Labute approximate surface area is 112 Å². The van der Waals surface area contributed by atoms with Crippen LogP contribution in [0.25, 0.3) is 10.4 Å². The number of hydrogen-bond acceptors (Lipinski definition) is 5. The van der Waals surface area contributed by atoms with Crippen LogP contribution in [0.2, 0.25) is 0 Å². The number of rotatable bonds is 3. The van der Waals surface area contributed by atoms with E-state index >= 15 is 0 Å². The number of benzene rings is 1. The second-order valence-electron chi connectivity index (χ2n) is 3.22. The zero-order chi connectivity index (χ0) is 12.4. The monoisotopic (exact) mass is 314 g/mol. The van der Waals surface area contributed by atoms with E-state index in [4.69, 9.17) is 15.2 Å². The third-order valence-electron chi connectivity index (χ3n) is 2.27. The zero-order valence-corrected chi connectivity index (χ0v) is 11.8. The molecule has 0 bridgehead atoms. The maximum Gasteiger partial charge on any atom is 0.180 e. The van der Waals surface area contributed by atoms with Gasteiger partial charge in [-0.2, -0.15) is 0 Å². The van der Waals surface area contributed by atoms with E-state index in [1.54, 1.807) is 20.4 Å². The molecule has 0 aliphatic carbocycles. The number of nitrogens with two attached hydrogens (primary N) is 1. The zero-order valence-electron chi connectivity index (χ0n) is 9.36. The van der Waals surface area contributed by atoms with Gasteiger partial charge in [-0.25, -0.2) is 4.98 Å². The fraction of sp³-hybridized carbons (Fsp3) is 0.182. The van der Waals surface area contributed by atoms with Crippen LogP contribution in [0, 0.1) is 0 Å².